The number of halogens is 2. The van der Waals surface area contributed by atoms with Crippen LogP contribution in [-0.4, -0.2) is 25.7 Å². The number of rotatable bonds is 4. The van der Waals surface area contributed by atoms with Crippen LogP contribution >= 0.6 is 15.9 Å². The lowest BCUT2D eigenvalue weighted by Gasteiger charge is -2.19. The van der Waals surface area contributed by atoms with E-state index in [0.717, 1.165) is 0 Å². The van der Waals surface area contributed by atoms with Gasteiger partial charge in [-0.05, 0) is 32.4 Å². The predicted octanol–water partition coefficient (Wildman–Crippen LogP) is 1.69. The molecule has 8 heteroatoms. The Kier molecular flexibility index (Phi) is 4.61. The topological polar surface area (TPSA) is 89.6 Å². The molecule has 0 unspecified atom stereocenters. The highest BCUT2D eigenvalue weighted by atomic mass is 79.9. The van der Waals surface area contributed by atoms with Gasteiger partial charge in [0, 0.05) is 4.47 Å². The summed E-state index contributed by atoms with van der Waals surface area (Å²) in [6, 6.07) is 1.30. The monoisotopic (exact) mass is 355 g/mol. The van der Waals surface area contributed by atoms with Crippen molar-refractivity contribution in [2.24, 2.45) is 5.14 Å². The van der Waals surface area contributed by atoms with Crippen LogP contribution in [0.1, 0.15) is 19.4 Å². The molecular weight excluding hydrogens is 341 g/mol. The van der Waals surface area contributed by atoms with Gasteiger partial charge in [-0.2, -0.15) is 0 Å². The number of ether oxygens (including phenoxy) is 1. The average Bonchev–Trinajstić information content (AvgIpc) is 2.18. The van der Waals surface area contributed by atoms with Crippen molar-refractivity contribution in [2.75, 3.05) is 6.61 Å². The molecule has 5 nitrogen and oxygen atoms in total. The number of aliphatic hydroxyl groups is 1. The highest BCUT2D eigenvalue weighted by Gasteiger charge is 2.25. The average molecular weight is 356 g/mol. The van der Waals surface area contributed by atoms with Gasteiger partial charge in [-0.15, -0.1) is 0 Å². The standard InChI is InChI=1S/C11H15BrFNO4S/c1-6-7(12)4-8(18-5-11(2,3)15)9(13)10(6)19(14,16)17/h4,15H,5H2,1-3H3,(H2,14,16,17). The number of primary sulfonamides is 1. The summed E-state index contributed by atoms with van der Waals surface area (Å²) in [7, 11) is -4.21. The summed E-state index contributed by atoms with van der Waals surface area (Å²) in [6.07, 6.45) is 0. The molecule has 3 N–H and O–H groups in total. The number of nitrogens with two attached hydrogens (primary N) is 1. The minimum absolute atomic E-state index is 0.163. The smallest absolute Gasteiger partial charge is 0.241 e. The maximum Gasteiger partial charge on any atom is 0.241 e. The molecule has 0 aliphatic carbocycles. The number of sulfonamides is 1. The van der Waals surface area contributed by atoms with Crippen LogP contribution in [0.5, 0.6) is 5.75 Å². The maximum atomic E-state index is 14.1. The maximum absolute atomic E-state index is 14.1. The Balaban J connectivity index is 3.34. The molecule has 108 valence electrons. The molecule has 0 spiro atoms. The number of hydrogen-bond donors (Lipinski definition) is 2. The van der Waals surface area contributed by atoms with Crippen molar-refractivity contribution in [3.8, 4) is 5.75 Å². The summed E-state index contributed by atoms with van der Waals surface area (Å²) < 4.78 is 42.3. The zero-order chi connectivity index (χ0) is 15.0. The lowest BCUT2D eigenvalue weighted by molar-refractivity contribution is 0.0269. The molecule has 0 aliphatic rings. The van der Waals surface area contributed by atoms with E-state index in [9.17, 15) is 17.9 Å². The van der Waals surface area contributed by atoms with Crippen LogP contribution in [0.2, 0.25) is 0 Å². The van der Waals surface area contributed by atoms with Crippen LogP contribution in [0.4, 0.5) is 4.39 Å². The second kappa shape index (κ2) is 5.35. The summed E-state index contributed by atoms with van der Waals surface area (Å²) in [5.41, 5.74) is -1.01. The third-order valence-corrected chi connectivity index (χ3v) is 4.12. The Bertz CT molecular complexity index is 596. The van der Waals surface area contributed by atoms with Gasteiger partial charge in [0.25, 0.3) is 0 Å². The Morgan fingerprint density at radius 1 is 1.53 bits per heavy atom. The molecule has 0 radical (unpaired) electrons. The van der Waals surface area contributed by atoms with Crippen molar-refractivity contribution in [3.05, 3.63) is 21.9 Å². The van der Waals surface area contributed by atoms with Crippen LogP contribution in [0.15, 0.2) is 15.4 Å². The largest absolute Gasteiger partial charge is 0.487 e. The Morgan fingerprint density at radius 3 is 2.47 bits per heavy atom. The van der Waals surface area contributed by atoms with E-state index in [4.69, 9.17) is 9.88 Å². The zero-order valence-electron chi connectivity index (χ0n) is 10.7. The Labute approximate surface area is 119 Å². The van der Waals surface area contributed by atoms with E-state index in [2.05, 4.69) is 15.9 Å². The molecular formula is C11H15BrFNO4S. The predicted molar refractivity (Wildman–Crippen MR) is 72.0 cm³/mol. The van der Waals surface area contributed by atoms with Gasteiger partial charge in [-0.3, -0.25) is 0 Å². The molecule has 1 rings (SSSR count). The molecule has 1 aromatic carbocycles. The van der Waals surface area contributed by atoms with E-state index in [1.807, 2.05) is 0 Å². The second-order valence-corrected chi connectivity index (χ2v) is 7.12. The van der Waals surface area contributed by atoms with Gasteiger partial charge in [-0.1, -0.05) is 15.9 Å². The van der Waals surface area contributed by atoms with Crippen LogP contribution in [0.25, 0.3) is 0 Å². The molecule has 0 fully saturated rings. The molecule has 0 saturated heterocycles. The van der Waals surface area contributed by atoms with E-state index in [-0.39, 0.29) is 17.9 Å². The first-order valence-electron chi connectivity index (χ1n) is 5.30. The first kappa shape index (κ1) is 16.4. The van der Waals surface area contributed by atoms with Crippen LogP contribution in [-0.2, 0) is 10.0 Å². The van der Waals surface area contributed by atoms with E-state index >= 15 is 0 Å². The second-order valence-electron chi connectivity index (χ2n) is 4.77. The summed E-state index contributed by atoms with van der Waals surface area (Å²) in [5.74, 6) is -1.35. The highest BCUT2D eigenvalue weighted by molar-refractivity contribution is 9.10. The first-order valence-corrected chi connectivity index (χ1v) is 7.64. The molecule has 0 aliphatic heterocycles. The van der Waals surface area contributed by atoms with Crippen molar-refractivity contribution >= 4 is 26.0 Å². The van der Waals surface area contributed by atoms with Gasteiger partial charge in [-0.25, -0.2) is 17.9 Å². The highest BCUT2D eigenvalue weighted by Crippen LogP contribution is 2.33. The van der Waals surface area contributed by atoms with Gasteiger partial charge in [0.05, 0.1) is 5.60 Å². The molecule has 0 amide bonds. The summed E-state index contributed by atoms with van der Waals surface area (Å²) in [6.45, 7) is 4.19. The SMILES string of the molecule is Cc1c(Br)cc(OCC(C)(C)O)c(F)c1S(N)(=O)=O. The fourth-order valence-electron chi connectivity index (χ4n) is 1.37. The molecule has 0 aromatic heterocycles. The lowest BCUT2D eigenvalue weighted by atomic mass is 10.1. The Hall–Kier alpha value is -0.700. The van der Waals surface area contributed by atoms with Crippen LogP contribution in [0.3, 0.4) is 0 Å². The Morgan fingerprint density at radius 2 is 2.05 bits per heavy atom. The van der Waals surface area contributed by atoms with Crippen molar-refractivity contribution in [1.29, 1.82) is 0 Å². The summed E-state index contributed by atoms with van der Waals surface area (Å²) in [4.78, 5) is -0.618. The quantitative estimate of drug-likeness (QED) is 0.859. The van der Waals surface area contributed by atoms with E-state index in [0.29, 0.717) is 4.47 Å². The zero-order valence-corrected chi connectivity index (χ0v) is 13.1. The normalized spacial score (nSPS) is 12.6. The number of hydrogen-bond acceptors (Lipinski definition) is 4. The van der Waals surface area contributed by atoms with Gasteiger partial charge >= 0.3 is 0 Å². The summed E-state index contributed by atoms with van der Waals surface area (Å²) in [5, 5.41) is 14.5. The fourth-order valence-corrected chi connectivity index (χ4v) is 2.79. The van der Waals surface area contributed by atoms with Crippen molar-refractivity contribution in [1.82, 2.24) is 0 Å². The molecule has 0 bridgehead atoms. The first-order chi connectivity index (χ1) is 8.43. The van der Waals surface area contributed by atoms with E-state index < -0.39 is 26.3 Å². The number of benzene rings is 1. The van der Waals surface area contributed by atoms with Crippen molar-refractivity contribution < 1.29 is 22.7 Å². The molecule has 19 heavy (non-hydrogen) atoms. The van der Waals surface area contributed by atoms with Crippen LogP contribution < -0.4 is 9.88 Å². The third-order valence-electron chi connectivity index (χ3n) is 2.24. The fraction of sp³-hybridized carbons (Fsp3) is 0.455. The van der Waals surface area contributed by atoms with Gasteiger partial charge in [0.15, 0.2) is 11.6 Å². The molecule has 1 aromatic rings. The minimum atomic E-state index is -4.21. The van der Waals surface area contributed by atoms with Crippen molar-refractivity contribution in [2.45, 2.75) is 31.3 Å². The van der Waals surface area contributed by atoms with Gasteiger partial charge in [0.1, 0.15) is 11.5 Å². The molecule has 0 atom stereocenters. The van der Waals surface area contributed by atoms with E-state index in [1.54, 1.807) is 0 Å². The molecule has 0 saturated carbocycles. The van der Waals surface area contributed by atoms with Gasteiger partial charge in [0.2, 0.25) is 10.0 Å². The lowest BCUT2D eigenvalue weighted by Crippen LogP contribution is -2.28. The van der Waals surface area contributed by atoms with Crippen LogP contribution in [0, 0.1) is 12.7 Å². The third kappa shape index (κ3) is 4.13. The van der Waals surface area contributed by atoms with Crippen molar-refractivity contribution in [3.63, 3.8) is 0 Å². The van der Waals surface area contributed by atoms with Gasteiger partial charge < -0.3 is 9.84 Å². The molecule has 0 heterocycles. The van der Waals surface area contributed by atoms with E-state index in [1.165, 1.54) is 26.8 Å². The minimum Gasteiger partial charge on any atom is -0.487 e. The summed E-state index contributed by atoms with van der Waals surface area (Å²) >= 11 is 3.11.